The second-order valence-corrected chi connectivity index (χ2v) is 8.31. The molecule has 0 radical (unpaired) electrons. The van der Waals surface area contributed by atoms with E-state index in [1.165, 1.54) is 0 Å². The van der Waals surface area contributed by atoms with Gasteiger partial charge in [0.15, 0.2) is 6.29 Å². The zero-order valence-electron chi connectivity index (χ0n) is 18.6. The van der Waals surface area contributed by atoms with Gasteiger partial charge >= 0.3 is 0 Å². The average molecular weight is 444 g/mol. The molecule has 7 heteroatoms. The molecule has 32 heavy (non-hydrogen) atoms. The monoisotopic (exact) mass is 443 g/mol. The summed E-state index contributed by atoms with van der Waals surface area (Å²) >= 11 is 0. The normalized spacial score (nSPS) is 26.4. The molecule has 1 heterocycles. The van der Waals surface area contributed by atoms with Crippen LogP contribution in [0.15, 0.2) is 60.7 Å². The van der Waals surface area contributed by atoms with Crippen LogP contribution in [0.3, 0.4) is 0 Å². The van der Waals surface area contributed by atoms with Gasteiger partial charge in [0.2, 0.25) is 5.91 Å². The summed E-state index contributed by atoms with van der Waals surface area (Å²) < 4.78 is 17.5. The highest BCUT2D eigenvalue weighted by Gasteiger charge is 2.44. The van der Waals surface area contributed by atoms with Gasteiger partial charge in [0.1, 0.15) is 18.8 Å². The molecule has 0 saturated carbocycles. The molecular formula is C25H33NO6. The van der Waals surface area contributed by atoms with E-state index in [0.717, 1.165) is 11.1 Å². The Morgan fingerprint density at radius 1 is 1.06 bits per heavy atom. The number of aliphatic hydroxyl groups is 2. The molecule has 2 aromatic carbocycles. The Labute approximate surface area is 189 Å². The Morgan fingerprint density at radius 3 is 2.31 bits per heavy atom. The summed E-state index contributed by atoms with van der Waals surface area (Å²) in [6.07, 6.45) is -2.60. The first-order valence-electron chi connectivity index (χ1n) is 11.0. The van der Waals surface area contributed by atoms with Gasteiger partial charge in [-0.25, -0.2) is 0 Å². The molecule has 174 valence electrons. The molecule has 1 amide bonds. The van der Waals surface area contributed by atoms with E-state index in [4.69, 9.17) is 14.2 Å². The van der Waals surface area contributed by atoms with Crippen LogP contribution in [-0.4, -0.2) is 60.0 Å². The second-order valence-electron chi connectivity index (χ2n) is 8.31. The van der Waals surface area contributed by atoms with Crippen LogP contribution in [0.25, 0.3) is 0 Å². The Kier molecular flexibility index (Phi) is 9.20. The molecular weight excluding hydrogens is 410 g/mol. The van der Waals surface area contributed by atoms with Gasteiger partial charge in [-0.3, -0.25) is 4.79 Å². The molecule has 7 nitrogen and oxygen atoms in total. The van der Waals surface area contributed by atoms with Crippen LogP contribution in [-0.2, 0) is 32.0 Å². The summed E-state index contributed by atoms with van der Waals surface area (Å²) in [5.41, 5.74) is 2.12. The van der Waals surface area contributed by atoms with Crippen molar-refractivity contribution in [1.82, 2.24) is 5.32 Å². The fraction of sp³-hybridized carbons (Fsp3) is 0.480. The maximum Gasteiger partial charge on any atom is 0.246 e. The first-order chi connectivity index (χ1) is 15.5. The average Bonchev–Trinajstić information content (AvgIpc) is 2.79. The van der Waals surface area contributed by atoms with Crippen molar-refractivity contribution < 1.29 is 29.2 Å². The quantitative estimate of drug-likeness (QED) is 0.520. The third-order valence-electron chi connectivity index (χ3n) is 5.61. The van der Waals surface area contributed by atoms with Gasteiger partial charge in [-0.1, -0.05) is 67.6 Å². The van der Waals surface area contributed by atoms with E-state index in [-0.39, 0.29) is 31.1 Å². The molecule has 1 saturated heterocycles. The maximum absolute atomic E-state index is 12.4. The van der Waals surface area contributed by atoms with Crippen molar-refractivity contribution in [3.8, 4) is 0 Å². The number of rotatable bonds is 10. The highest BCUT2D eigenvalue weighted by Crippen LogP contribution is 2.29. The smallest absolute Gasteiger partial charge is 0.246 e. The van der Waals surface area contributed by atoms with Crippen molar-refractivity contribution in [2.75, 3.05) is 13.2 Å². The van der Waals surface area contributed by atoms with E-state index in [9.17, 15) is 15.0 Å². The number of hydrogen-bond donors (Lipinski definition) is 3. The highest BCUT2D eigenvalue weighted by molar-refractivity contribution is 5.77. The lowest BCUT2D eigenvalue weighted by molar-refractivity contribution is -0.291. The first-order valence-corrected chi connectivity index (χ1v) is 11.0. The lowest BCUT2D eigenvalue weighted by atomic mass is 9.92. The zero-order chi connectivity index (χ0) is 22.9. The number of aliphatic hydroxyl groups excluding tert-OH is 2. The van der Waals surface area contributed by atoms with Crippen molar-refractivity contribution in [1.29, 1.82) is 0 Å². The van der Waals surface area contributed by atoms with Crippen molar-refractivity contribution >= 4 is 5.91 Å². The fourth-order valence-electron chi connectivity index (χ4n) is 3.91. The molecule has 1 fully saturated rings. The van der Waals surface area contributed by atoms with Crippen molar-refractivity contribution in [3.05, 3.63) is 71.8 Å². The van der Waals surface area contributed by atoms with Crippen LogP contribution in [0.1, 0.15) is 25.0 Å². The van der Waals surface area contributed by atoms with E-state index < -0.39 is 24.6 Å². The SMILES string of the molecule is CC1[C@@H](OCc2ccccc2)OC(CO)[C@@H](O)[C@@H]1OCC(=O)N[C@@H](C)Cc1ccccc1. The van der Waals surface area contributed by atoms with Gasteiger partial charge in [-0.15, -0.1) is 0 Å². The molecule has 0 spiro atoms. The summed E-state index contributed by atoms with van der Waals surface area (Å²) in [6.45, 7) is 3.53. The van der Waals surface area contributed by atoms with Gasteiger partial charge in [-0.2, -0.15) is 0 Å². The second kappa shape index (κ2) is 12.1. The molecule has 2 unspecified atom stereocenters. The summed E-state index contributed by atoms with van der Waals surface area (Å²) in [6, 6.07) is 19.5. The number of hydrogen-bond acceptors (Lipinski definition) is 6. The number of nitrogens with one attached hydrogen (secondary N) is 1. The number of benzene rings is 2. The maximum atomic E-state index is 12.4. The van der Waals surface area contributed by atoms with Gasteiger partial charge in [-0.05, 0) is 24.5 Å². The molecule has 3 rings (SSSR count). The number of carbonyl (C=O) groups is 1. The van der Waals surface area contributed by atoms with Crippen LogP contribution < -0.4 is 5.32 Å². The topological polar surface area (TPSA) is 97.2 Å². The molecule has 0 bridgehead atoms. The Bertz CT molecular complexity index is 818. The molecule has 2 aromatic rings. The molecule has 0 aliphatic carbocycles. The summed E-state index contributed by atoms with van der Waals surface area (Å²) in [5, 5.41) is 23.1. The van der Waals surface area contributed by atoms with E-state index in [1.807, 2.05) is 74.5 Å². The Morgan fingerprint density at radius 2 is 1.69 bits per heavy atom. The van der Waals surface area contributed by atoms with E-state index in [1.54, 1.807) is 0 Å². The third-order valence-corrected chi connectivity index (χ3v) is 5.61. The summed E-state index contributed by atoms with van der Waals surface area (Å²) in [5.74, 6) is -0.604. The molecule has 1 aliphatic rings. The van der Waals surface area contributed by atoms with Crippen LogP contribution in [0.5, 0.6) is 0 Å². The predicted molar refractivity (Wildman–Crippen MR) is 120 cm³/mol. The number of amides is 1. The minimum Gasteiger partial charge on any atom is -0.394 e. The minimum absolute atomic E-state index is 0.0577. The fourth-order valence-corrected chi connectivity index (χ4v) is 3.91. The van der Waals surface area contributed by atoms with Gasteiger partial charge in [0, 0.05) is 12.0 Å². The van der Waals surface area contributed by atoms with Crippen LogP contribution in [0.4, 0.5) is 0 Å². The molecule has 6 atom stereocenters. The van der Waals surface area contributed by atoms with Gasteiger partial charge in [0.25, 0.3) is 0 Å². The van der Waals surface area contributed by atoms with E-state index >= 15 is 0 Å². The minimum atomic E-state index is -1.07. The largest absolute Gasteiger partial charge is 0.394 e. The third kappa shape index (κ3) is 6.85. The number of ether oxygens (including phenoxy) is 3. The lowest BCUT2D eigenvalue weighted by Gasteiger charge is -2.42. The standard InChI is InChI=1S/C25H33NO6/c1-17(13-19-9-5-3-6-10-19)26-22(28)16-30-24-18(2)25(32-21(14-27)23(24)29)31-15-20-11-7-4-8-12-20/h3-12,17-18,21,23-25,27,29H,13-16H2,1-2H3,(H,26,28)/t17-,18?,21?,23+,24+,25-/m0/s1. The Balaban J connectivity index is 1.52. The predicted octanol–water partition coefficient (Wildman–Crippen LogP) is 2.05. The first kappa shape index (κ1) is 24.4. The lowest BCUT2D eigenvalue weighted by Crippen LogP contribution is -2.57. The molecule has 1 aliphatic heterocycles. The van der Waals surface area contributed by atoms with Crippen LogP contribution in [0.2, 0.25) is 0 Å². The Hall–Kier alpha value is -2.29. The zero-order valence-corrected chi connectivity index (χ0v) is 18.6. The van der Waals surface area contributed by atoms with Gasteiger partial charge in [0.05, 0.1) is 19.3 Å². The van der Waals surface area contributed by atoms with Crippen molar-refractivity contribution in [2.24, 2.45) is 5.92 Å². The van der Waals surface area contributed by atoms with Crippen molar-refractivity contribution in [2.45, 2.75) is 57.5 Å². The van der Waals surface area contributed by atoms with E-state index in [2.05, 4.69) is 5.32 Å². The van der Waals surface area contributed by atoms with Crippen LogP contribution in [0, 0.1) is 5.92 Å². The summed E-state index contributed by atoms with van der Waals surface area (Å²) in [4.78, 5) is 12.4. The number of carbonyl (C=O) groups excluding carboxylic acids is 1. The molecule has 3 N–H and O–H groups in total. The van der Waals surface area contributed by atoms with Crippen molar-refractivity contribution in [3.63, 3.8) is 0 Å². The molecule has 0 aromatic heterocycles. The summed E-state index contributed by atoms with van der Waals surface area (Å²) in [7, 11) is 0. The van der Waals surface area contributed by atoms with Crippen LogP contribution >= 0.6 is 0 Å². The van der Waals surface area contributed by atoms with Gasteiger partial charge < -0.3 is 29.7 Å². The highest BCUT2D eigenvalue weighted by atomic mass is 16.7. The van der Waals surface area contributed by atoms with E-state index in [0.29, 0.717) is 13.0 Å².